The first-order valence-corrected chi connectivity index (χ1v) is 9.47. The Hall–Kier alpha value is -2.36. The highest BCUT2D eigenvalue weighted by atomic mass is 32.1. The fraction of sp³-hybridized carbons (Fsp3) is 0.471. The van der Waals surface area contributed by atoms with E-state index in [1.807, 2.05) is 7.05 Å². The van der Waals surface area contributed by atoms with Gasteiger partial charge in [-0.2, -0.15) is 13.2 Å². The third-order valence-corrected chi connectivity index (χ3v) is 5.47. The third kappa shape index (κ3) is 4.88. The summed E-state index contributed by atoms with van der Waals surface area (Å²) < 4.78 is 39.0. The minimum atomic E-state index is -4.55. The molecule has 2 amide bonds. The molecule has 0 bridgehead atoms. The van der Waals surface area contributed by atoms with Gasteiger partial charge in [-0.3, -0.25) is 5.32 Å². The number of hydrogen-bond acceptors (Lipinski definition) is 5. The number of alkyl halides is 3. The number of hydrogen-bond donors (Lipinski definition) is 2. The number of nitrogens with one attached hydrogen (secondary N) is 2. The van der Waals surface area contributed by atoms with Crippen LogP contribution < -0.4 is 15.5 Å². The SMILES string of the molecule is CN(c1nnc(NC(=O)Nc2ccccc2C(F)(F)F)s1)C1CCCCC1. The predicted octanol–water partition coefficient (Wildman–Crippen LogP) is 4.97. The number of aromatic nitrogens is 2. The van der Waals surface area contributed by atoms with Crippen molar-refractivity contribution in [3.63, 3.8) is 0 Å². The van der Waals surface area contributed by atoms with Crippen LogP contribution in [-0.2, 0) is 6.18 Å². The Labute approximate surface area is 158 Å². The summed E-state index contributed by atoms with van der Waals surface area (Å²) in [6.07, 6.45) is 1.23. The van der Waals surface area contributed by atoms with Crippen molar-refractivity contribution in [2.24, 2.45) is 0 Å². The molecule has 2 N–H and O–H groups in total. The zero-order chi connectivity index (χ0) is 19.4. The maximum atomic E-state index is 13.0. The molecule has 1 aromatic carbocycles. The van der Waals surface area contributed by atoms with Crippen molar-refractivity contribution in [3.8, 4) is 0 Å². The van der Waals surface area contributed by atoms with Gasteiger partial charge in [-0.25, -0.2) is 4.79 Å². The predicted molar refractivity (Wildman–Crippen MR) is 99.3 cm³/mol. The van der Waals surface area contributed by atoms with Gasteiger partial charge >= 0.3 is 12.2 Å². The number of halogens is 3. The second-order valence-electron chi connectivity index (χ2n) is 6.41. The number of carbonyl (C=O) groups excluding carboxylic acids is 1. The molecule has 0 atom stereocenters. The van der Waals surface area contributed by atoms with Crippen LogP contribution in [0.1, 0.15) is 37.7 Å². The van der Waals surface area contributed by atoms with E-state index < -0.39 is 17.8 Å². The van der Waals surface area contributed by atoms with Gasteiger partial charge in [0.05, 0.1) is 11.3 Å². The zero-order valence-electron chi connectivity index (χ0n) is 14.7. The van der Waals surface area contributed by atoms with Crippen molar-refractivity contribution >= 4 is 33.3 Å². The van der Waals surface area contributed by atoms with E-state index in [0.717, 1.165) is 18.9 Å². The van der Waals surface area contributed by atoms with Crippen LogP contribution >= 0.6 is 11.3 Å². The first-order chi connectivity index (χ1) is 12.8. The van der Waals surface area contributed by atoms with Crippen LogP contribution in [0.3, 0.4) is 0 Å². The van der Waals surface area contributed by atoms with Crippen LogP contribution in [0.4, 0.5) is 33.9 Å². The largest absolute Gasteiger partial charge is 0.418 e. The van der Waals surface area contributed by atoms with E-state index in [4.69, 9.17) is 0 Å². The van der Waals surface area contributed by atoms with E-state index in [0.29, 0.717) is 11.2 Å². The van der Waals surface area contributed by atoms with E-state index >= 15 is 0 Å². The summed E-state index contributed by atoms with van der Waals surface area (Å²) in [4.78, 5) is 14.1. The average molecular weight is 399 g/mol. The number of rotatable bonds is 4. The van der Waals surface area contributed by atoms with Crippen molar-refractivity contribution in [2.75, 3.05) is 22.6 Å². The highest BCUT2D eigenvalue weighted by molar-refractivity contribution is 7.19. The van der Waals surface area contributed by atoms with Gasteiger partial charge in [-0.05, 0) is 25.0 Å². The van der Waals surface area contributed by atoms with Crippen LogP contribution in [0, 0.1) is 0 Å². The Bertz CT molecular complexity index is 789. The van der Waals surface area contributed by atoms with Crippen molar-refractivity contribution < 1.29 is 18.0 Å². The molecule has 27 heavy (non-hydrogen) atoms. The number of carbonyl (C=O) groups is 1. The smallest absolute Gasteiger partial charge is 0.347 e. The molecule has 0 aliphatic heterocycles. The maximum absolute atomic E-state index is 13.0. The molecule has 1 aliphatic carbocycles. The maximum Gasteiger partial charge on any atom is 0.418 e. The molecule has 1 heterocycles. The average Bonchev–Trinajstić information content (AvgIpc) is 3.09. The van der Waals surface area contributed by atoms with E-state index in [2.05, 4.69) is 25.7 Å². The van der Waals surface area contributed by atoms with Gasteiger partial charge in [-0.15, -0.1) is 10.2 Å². The van der Waals surface area contributed by atoms with Crippen molar-refractivity contribution in [2.45, 2.75) is 44.3 Å². The summed E-state index contributed by atoms with van der Waals surface area (Å²) in [6, 6.07) is 4.40. The summed E-state index contributed by atoms with van der Waals surface area (Å²) in [5, 5.41) is 13.6. The molecule has 146 valence electrons. The molecule has 6 nitrogen and oxygen atoms in total. The number of benzene rings is 1. The lowest BCUT2D eigenvalue weighted by atomic mass is 9.95. The molecule has 0 saturated heterocycles. The highest BCUT2D eigenvalue weighted by Gasteiger charge is 2.33. The molecule has 2 aromatic rings. The first-order valence-electron chi connectivity index (χ1n) is 8.65. The lowest BCUT2D eigenvalue weighted by molar-refractivity contribution is -0.136. The summed E-state index contributed by atoms with van der Waals surface area (Å²) in [5.74, 6) is 0. The fourth-order valence-electron chi connectivity index (χ4n) is 3.12. The number of anilines is 3. The molecule has 1 aliphatic rings. The van der Waals surface area contributed by atoms with Gasteiger partial charge in [0.2, 0.25) is 10.3 Å². The van der Waals surface area contributed by atoms with E-state index in [-0.39, 0.29) is 10.8 Å². The van der Waals surface area contributed by atoms with Crippen molar-refractivity contribution in [3.05, 3.63) is 29.8 Å². The summed E-state index contributed by atoms with van der Waals surface area (Å²) >= 11 is 1.19. The van der Waals surface area contributed by atoms with Gasteiger partial charge in [0.1, 0.15) is 0 Å². The molecule has 3 rings (SSSR count). The van der Waals surface area contributed by atoms with Crippen molar-refractivity contribution in [1.29, 1.82) is 0 Å². The molecule has 1 fully saturated rings. The van der Waals surface area contributed by atoms with Gasteiger partial charge < -0.3 is 10.2 Å². The standard InChI is InChI=1S/C17H20F3N5OS/c1-25(11-7-3-2-4-8-11)16-24-23-15(27-16)22-14(26)21-13-10-6-5-9-12(13)17(18,19)20/h5-6,9-11H,2-4,7-8H2,1H3,(H2,21,22,23,26). The number of amides is 2. The molecule has 1 aromatic heterocycles. The highest BCUT2D eigenvalue weighted by Crippen LogP contribution is 2.35. The molecule has 0 radical (unpaired) electrons. The third-order valence-electron chi connectivity index (χ3n) is 4.54. The lowest BCUT2D eigenvalue weighted by Gasteiger charge is -2.30. The molecule has 1 saturated carbocycles. The van der Waals surface area contributed by atoms with Crippen LogP contribution in [0.5, 0.6) is 0 Å². The molecular formula is C17H20F3N5OS. The topological polar surface area (TPSA) is 70.2 Å². The quantitative estimate of drug-likeness (QED) is 0.762. The van der Waals surface area contributed by atoms with Gasteiger partial charge in [0, 0.05) is 13.1 Å². The normalized spacial score (nSPS) is 15.4. The first kappa shape index (κ1) is 19.4. The Kier molecular flexibility index (Phi) is 5.83. The van der Waals surface area contributed by atoms with E-state index in [9.17, 15) is 18.0 Å². The summed E-state index contributed by atoms with van der Waals surface area (Å²) in [7, 11) is 1.94. The van der Waals surface area contributed by atoms with E-state index in [1.165, 1.54) is 48.8 Å². The number of urea groups is 1. The van der Waals surface area contributed by atoms with Gasteiger partial charge in [-0.1, -0.05) is 42.7 Å². The van der Waals surface area contributed by atoms with Crippen molar-refractivity contribution in [1.82, 2.24) is 10.2 Å². The minimum absolute atomic E-state index is 0.231. The summed E-state index contributed by atoms with van der Waals surface area (Å²) in [5.41, 5.74) is -1.22. The van der Waals surface area contributed by atoms with Gasteiger partial charge in [0.15, 0.2) is 0 Å². The Balaban J connectivity index is 1.63. The second-order valence-corrected chi connectivity index (χ2v) is 7.37. The van der Waals surface area contributed by atoms with Crippen LogP contribution in [-0.4, -0.2) is 29.3 Å². The minimum Gasteiger partial charge on any atom is -0.347 e. The zero-order valence-corrected chi connectivity index (χ0v) is 15.5. The molecular weight excluding hydrogens is 379 g/mol. The monoisotopic (exact) mass is 399 g/mol. The van der Waals surface area contributed by atoms with Crippen LogP contribution in [0.15, 0.2) is 24.3 Å². The molecule has 0 spiro atoms. The van der Waals surface area contributed by atoms with Crippen LogP contribution in [0.2, 0.25) is 0 Å². The molecule has 0 unspecified atom stereocenters. The Morgan fingerprint density at radius 3 is 2.56 bits per heavy atom. The fourth-order valence-corrected chi connectivity index (χ4v) is 3.90. The number of para-hydroxylation sites is 1. The number of nitrogens with zero attached hydrogens (tertiary/aromatic N) is 3. The molecule has 10 heteroatoms. The Morgan fingerprint density at radius 2 is 1.85 bits per heavy atom. The Morgan fingerprint density at radius 1 is 1.15 bits per heavy atom. The lowest BCUT2D eigenvalue weighted by Crippen LogP contribution is -2.33. The van der Waals surface area contributed by atoms with E-state index in [1.54, 1.807) is 0 Å². The summed E-state index contributed by atoms with van der Waals surface area (Å²) in [6.45, 7) is 0. The van der Waals surface area contributed by atoms with Gasteiger partial charge in [0.25, 0.3) is 0 Å². The van der Waals surface area contributed by atoms with Crippen LogP contribution in [0.25, 0.3) is 0 Å². The second kappa shape index (κ2) is 8.12.